The average Bonchev–Trinajstić information content (AvgIpc) is 2.28. The van der Waals surface area contributed by atoms with E-state index in [0.29, 0.717) is 17.8 Å². The van der Waals surface area contributed by atoms with E-state index in [4.69, 9.17) is 0 Å². The summed E-state index contributed by atoms with van der Waals surface area (Å²) in [6, 6.07) is 0. The van der Waals surface area contributed by atoms with Crippen LogP contribution in [0.1, 0.15) is 40.0 Å². The van der Waals surface area contributed by atoms with Gasteiger partial charge in [0.2, 0.25) is 0 Å². The molecule has 2 heteroatoms. The van der Waals surface area contributed by atoms with E-state index < -0.39 is 14.2 Å². The molecule has 0 spiro atoms. The molecule has 0 aromatic carbocycles. The smallest absolute Gasteiger partial charge is 0.129 e. The fourth-order valence-electron chi connectivity index (χ4n) is 2.52. The van der Waals surface area contributed by atoms with Crippen LogP contribution in [-0.2, 0) is 0 Å². The van der Waals surface area contributed by atoms with Crippen LogP contribution in [0, 0.1) is 29.2 Å². The lowest BCUT2D eigenvalue weighted by molar-refractivity contribution is 0.225. The molecule has 0 saturated carbocycles. The van der Waals surface area contributed by atoms with Crippen LogP contribution in [0.5, 0.6) is 0 Å². The fourth-order valence-corrected chi connectivity index (χ4v) is 3.12. The number of allylic oxidation sites excluding steroid dienone is 1. The van der Waals surface area contributed by atoms with E-state index in [1.54, 1.807) is 0 Å². The fraction of sp³-hybridized carbons (Fsp3) is 0.765. The molecule has 0 radical (unpaired) electrons. The van der Waals surface area contributed by atoms with Crippen molar-refractivity contribution in [2.45, 2.75) is 65.8 Å². The van der Waals surface area contributed by atoms with Crippen molar-refractivity contribution in [1.29, 1.82) is 0 Å². The first-order valence-corrected chi connectivity index (χ1v) is 11.1. The van der Waals surface area contributed by atoms with Crippen molar-refractivity contribution in [2.24, 2.45) is 17.8 Å². The Morgan fingerprint density at radius 3 is 2.47 bits per heavy atom. The second kappa shape index (κ2) is 6.77. The largest absolute Gasteiger partial charge is 0.380 e. The molecular weight excluding hydrogens is 248 g/mol. The molecule has 0 aliphatic heterocycles. The van der Waals surface area contributed by atoms with E-state index in [0.717, 1.165) is 6.42 Å². The number of hydrogen-bond acceptors (Lipinski definition) is 1. The Morgan fingerprint density at radius 1 is 1.32 bits per heavy atom. The summed E-state index contributed by atoms with van der Waals surface area (Å²) in [5.74, 6) is 5.06. The zero-order chi connectivity index (χ0) is 14.6. The molecule has 1 unspecified atom stereocenters. The van der Waals surface area contributed by atoms with Gasteiger partial charge in [0.25, 0.3) is 0 Å². The highest BCUT2D eigenvalue weighted by Gasteiger charge is 2.22. The molecule has 0 saturated heterocycles. The highest BCUT2D eigenvalue weighted by Crippen LogP contribution is 2.34. The molecule has 1 nitrogen and oxygen atoms in total. The van der Waals surface area contributed by atoms with Gasteiger partial charge >= 0.3 is 0 Å². The summed E-state index contributed by atoms with van der Waals surface area (Å²) >= 11 is 0. The minimum atomic E-state index is -1.37. The maximum atomic E-state index is 10.1. The van der Waals surface area contributed by atoms with E-state index in [-0.39, 0.29) is 0 Å². The molecule has 1 aliphatic carbocycles. The van der Waals surface area contributed by atoms with Gasteiger partial charge in [-0.05, 0) is 30.6 Å². The zero-order valence-corrected chi connectivity index (χ0v) is 14.5. The van der Waals surface area contributed by atoms with Gasteiger partial charge in [0.05, 0.1) is 0 Å². The second-order valence-electron chi connectivity index (χ2n) is 7.37. The summed E-state index contributed by atoms with van der Waals surface area (Å²) in [5, 5.41) is 10.1. The third-order valence-corrected chi connectivity index (χ3v) is 4.79. The van der Waals surface area contributed by atoms with Crippen molar-refractivity contribution < 1.29 is 5.11 Å². The van der Waals surface area contributed by atoms with Crippen LogP contribution >= 0.6 is 0 Å². The summed E-state index contributed by atoms with van der Waals surface area (Å²) < 4.78 is 0. The lowest BCUT2D eigenvalue weighted by atomic mass is 9.77. The Balaban J connectivity index is 2.70. The molecule has 19 heavy (non-hydrogen) atoms. The normalized spacial score (nSPS) is 25.6. The molecule has 1 aliphatic rings. The third kappa shape index (κ3) is 5.97. The van der Waals surface area contributed by atoms with Crippen molar-refractivity contribution in [2.75, 3.05) is 0 Å². The van der Waals surface area contributed by atoms with Gasteiger partial charge in [0, 0.05) is 6.42 Å². The van der Waals surface area contributed by atoms with Gasteiger partial charge in [0.15, 0.2) is 0 Å². The lowest BCUT2D eigenvalue weighted by Gasteiger charge is -2.29. The summed E-state index contributed by atoms with van der Waals surface area (Å²) in [6.07, 6.45) is 5.22. The summed E-state index contributed by atoms with van der Waals surface area (Å²) in [7, 11) is -1.37. The van der Waals surface area contributed by atoms with E-state index >= 15 is 0 Å². The lowest BCUT2D eigenvalue weighted by Crippen LogP contribution is -2.20. The minimum absolute atomic E-state index is 0.480. The molecule has 0 bridgehead atoms. The summed E-state index contributed by atoms with van der Waals surface area (Å²) in [4.78, 5) is 0. The van der Waals surface area contributed by atoms with Crippen LogP contribution in [0.25, 0.3) is 0 Å². The second-order valence-corrected chi connectivity index (χ2v) is 12.1. The van der Waals surface area contributed by atoms with Gasteiger partial charge in [-0.15, -0.1) is 5.54 Å². The standard InChI is InChI=1S/C17H30OSi/c1-13(2)15-8-7-14(3)16(11-15)12-17(18)9-10-19(4,5)6/h11,13-15,17-18H,7-8,12H2,1-6H3/t14-,15-,17?/m1/s1. The van der Waals surface area contributed by atoms with Gasteiger partial charge < -0.3 is 5.11 Å². The quantitative estimate of drug-likeness (QED) is 0.465. The Bertz CT molecular complexity index is 378. The Hall–Kier alpha value is -0.523. The van der Waals surface area contributed by atoms with Crippen molar-refractivity contribution in [3.63, 3.8) is 0 Å². The molecule has 0 fully saturated rings. The number of hydrogen-bond donors (Lipinski definition) is 1. The topological polar surface area (TPSA) is 20.2 Å². The van der Waals surface area contributed by atoms with Gasteiger partial charge in [-0.3, -0.25) is 0 Å². The average molecular weight is 279 g/mol. The first-order valence-electron chi connectivity index (χ1n) is 7.60. The van der Waals surface area contributed by atoms with Gasteiger partial charge in [-0.2, -0.15) is 0 Å². The van der Waals surface area contributed by atoms with E-state index in [2.05, 4.69) is 58.0 Å². The van der Waals surface area contributed by atoms with Crippen molar-refractivity contribution >= 4 is 8.07 Å². The molecule has 1 rings (SSSR count). The maximum absolute atomic E-state index is 10.1. The summed E-state index contributed by atoms with van der Waals surface area (Å²) in [5.41, 5.74) is 4.69. The van der Waals surface area contributed by atoms with Crippen molar-refractivity contribution in [1.82, 2.24) is 0 Å². The molecule has 0 aromatic heterocycles. The highest BCUT2D eigenvalue weighted by molar-refractivity contribution is 6.83. The van der Waals surface area contributed by atoms with E-state index in [1.807, 2.05) is 0 Å². The van der Waals surface area contributed by atoms with Crippen LogP contribution in [0.2, 0.25) is 19.6 Å². The molecule has 1 N–H and O–H groups in total. The minimum Gasteiger partial charge on any atom is -0.380 e. The van der Waals surface area contributed by atoms with E-state index in [9.17, 15) is 5.11 Å². The molecular formula is C17H30OSi. The Kier molecular flexibility index (Phi) is 5.89. The van der Waals surface area contributed by atoms with Crippen molar-refractivity contribution in [3.8, 4) is 11.5 Å². The third-order valence-electron chi connectivity index (χ3n) is 3.89. The first kappa shape index (κ1) is 16.5. The number of aliphatic hydroxyl groups is 1. The van der Waals surface area contributed by atoms with Gasteiger partial charge in [-0.25, -0.2) is 0 Å². The van der Waals surface area contributed by atoms with Crippen molar-refractivity contribution in [3.05, 3.63) is 11.6 Å². The zero-order valence-electron chi connectivity index (χ0n) is 13.5. The van der Waals surface area contributed by atoms with Gasteiger partial charge in [0.1, 0.15) is 14.2 Å². The monoisotopic (exact) mass is 278 g/mol. The molecule has 3 atom stereocenters. The van der Waals surface area contributed by atoms with Crippen LogP contribution < -0.4 is 0 Å². The Labute approximate surface area is 120 Å². The predicted octanol–water partition coefficient (Wildman–Crippen LogP) is 4.25. The summed E-state index contributed by atoms with van der Waals surface area (Å²) in [6.45, 7) is 13.5. The SMILES string of the molecule is CC(C)[C@H]1C=C(CC(O)C#C[Si](C)(C)C)[C@H](C)CC1. The number of rotatable bonds is 3. The van der Waals surface area contributed by atoms with Crippen LogP contribution in [0.15, 0.2) is 11.6 Å². The van der Waals surface area contributed by atoms with Crippen LogP contribution in [0.4, 0.5) is 0 Å². The van der Waals surface area contributed by atoms with E-state index in [1.165, 1.54) is 18.4 Å². The Morgan fingerprint density at radius 2 is 1.95 bits per heavy atom. The molecule has 108 valence electrons. The number of aliphatic hydroxyl groups excluding tert-OH is 1. The van der Waals surface area contributed by atoms with Crippen LogP contribution in [0.3, 0.4) is 0 Å². The molecule has 0 heterocycles. The predicted molar refractivity (Wildman–Crippen MR) is 86.6 cm³/mol. The van der Waals surface area contributed by atoms with Crippen LogP contribution in [-0.4, -0.2) is 19.3 Å². The maximum Gasteiger partial charge on any atom is 0.129 e. The molecule has 0 aromatic rings. The highest BCUT2D eigenvalue weighted by atomic mass is 28.3. The molecule has 0 amide bonds. The van der Waals surface area contributed by atoms with Gasteiger partial charge in [-0.1, -0.05) is 58.0 Å². The first-order chi connectivity index (χ1) is 8.69.